The average molecular weight is 217 g/mol. The lowest BCUT2D eigenvalue weighted by atomic mass is 10.1. The molecule has 3 rings (SSSR count). The standard InChI is InChI=1S/C12H15N3O/c1-15-7-12(4-5-12)11(16)14-9-6-8(13)2-3-10(9)15/h2-3,6H,4-5,7,13H2,1H3,(H,14,16). The van der Waals surface area contributed by atoms with Crippen LogP contribution in [0.1, 0.15) is 12.8 Å². The van der Waals surface area contributed by atoms with Gasteiger partial charge in [-0.05, 0) is 31.0 Å². The zero-order chi connectivity index (χ0) is 11.3. The van der Waals surface area contributed by atoms with Gasteiger partial charge in [-0.3, -0.25) is 4.79 Å². The maximum absolute atomic E-state index is 12.0. The number of hydrogen-bond donors (Lipinski definition) is 2. The maximum atomic E-state index is 12.0. The second-order valence-corrected chi connectivity index (χ2v) is 4.87. The first-order chi connectivity index (χ1) is 7.61. The average Bonchev–Trinajstić information content (AvgIpc) is 2.98. The van der Waals surface area contributed by atoms with Gasteiger partial charge >= 0.3 is 0 Å². The lowest BCUT2D eigenvalue weighted by Gasteiger charge is -2.21. The van der Waals surface area contributed by atoms with Gasteiger partial charge in [-0.1, -0.05) is 0 Å². The van der Waals surface area contributed by atoms with Crippen LogP contribution in [0.2, 0.25) is 0 Å². The van der Waals surface area contributed by atoms with Crippen LogP contribution in [0.15, 0.2) is 18.2 Å². The Morgan fingerprint density at radius 2 is 2.19 bits per heavy atom. The van der Waals surface area contributed by atoms with Crippen LogP contribution in [0.3, 0.4) is 0 Å². The number of nitrogens with zero attached hydrogens (tertiary/aromatic N) is 1. The van der Waals surface area contributed by atoms with Gasteiger partial charge in [0.05, 0.1) is 16.8 Å². The third-order valence-corrected chi connectivity index (χ3v) is 3.56. The molecule has 1 fully saturated rings. The SMILES string of the molecule is CN1CC2(CC2)C(=O)Nc2cc(N)ccc21. The Bertz CT molecular complexity index is 465. The molecule has 1 aromatic carbocycles. The van der Waals surface area contributed by atoms with E-state index in [1.54, 1.807) is 0 Å². The number of hydrogen-bond acceptors (Lipinski definition) is 3. The van der Waals surface area contributed by atoms with Crippen LogP contribution in [0.4, 0.5) is 17.1 Å². The summed E-state index contributed by atoms with van der Waals surface area (Å²) in [5.41, 5.74) is 8.14. The molecule has 0 saturated heterocycles. The fourth-order valence-corrected chi connectivity index (χ4v) is 2.39. The number of fused-ring (bicyclic) bond motifs is 1. The van der Waals surface area contributed by atoms with Crippen molar-refractivity contribution in [2.75, 3.05) is 29.5 Å². The highest BCUT2D eigenvalue weighted by molar-refractivity contribution is 6.02. The van der Waals surface area contributed by atoms with E-state index < -0.39 is 0 Å². The van der Waals surface area contributed by atoms with Crippen molar-refractivity contribution >= 4 is 23.0 Å². The zero-order valence-electron chi connectivity index (χ0n) is 9.29. The van der Waals surface area contributed by atoms with Crippen LogP contribution in [-0.2, 0) is 4.79 Å². The van der Waals surface area contributed by atoms with Gasteiger partial charge in [-0.2, -0.15) is 0 Å². The summed E-state index contributed by atoms with van der Waals surface area (Å²) in [5, 5.41) is 2.99. The Kier molecular flexibility index (Phi) is 1.73. The molecule has 0 unspecified atom stereocenters. The van der Waals surface area contributed by atoms with Crippen LogP contribution in [0.25, 0.3) is 0 Å². The van der Waals surface area contributed by atoms with E-state index in [4.69, 9.17) is 5.73 Å². The highest BCUT2D eigenvalue weighted by atomic mass is 16.2. The molecule has 3 N–H and O–H groups in total. The lowest BCUT2D eigenvalue weighted by Crippen LogP contribution is -2.31. The lowest BCUT2D eigenvalue weighted by molar-refractivity contribution is -0.120. The minimum absolute atomic E-state index is 0.142. The molecule has 1 aliphatic heterocycles. The molecule has 1 spiro atoms. The zero-order valence-corrected chi connectivity index (χ0v) is 9.29. The minimum Gasteiger partial charge on any atom is -0.399 e. The number of nitrogens with one attached hydrogen (secondary N) is 1. The predicted molar refractivity (Wildman–Crippen MR) is 64.4 cm³/mol. The van der Waals surface area contributed by atoms with Gasteiger partial charge in [0.15, 0.2) is 0 Å². The van der Waals surface area contributed by atoms with Gasteiger partial charge < -0.3 is 16.0 Å². The van der Waals surface area contributed by atoms with Crippen molar-refractivity contribution in [1.29, 1.82) is 0 Å². The molecule has 1 heterocycles. The van der Waals surface area contributed by atoms with Crippen LogP contribution < -0.4 is 16.0 Å². The monoisotopic (exact) mass is 217 g/mol. The number of anilines is 3. The van der Waals surface area contributed by atoms with Gasteiger partial charge in [0, 0.05) is 19.3 Å². The molecule has 0 bridgehead atoms. The van der Waals surface area contributed by atoms with E-state index in [2.05, 4.69) is 10.2 Å². The molecule has 1 saturated carbocycles. The Morgan fingerprint density at radius 1 is 1.44 bits per heavy atom. The summed E-state index contributed by atoms with van der Waals surface area (Å²) < 4.78 is 0. The third kappa shape index (κ3) is 1.26. The van der Waals surface area contributed by atoms with E-state index in [9.17, 15) is 4.79 Å². The largest absolute Gasteiger partial charge is 0.399 e. The Hall–Kier alpha value is -1.71. The van der Waals surface area contributed by atoms with Crippen molar-refractivity contribution in [2.45, 2.75) is 12.8 Å². The normalized spacial score (nSPS) is 21.3. The smallest absolute Gasteiger partial charge is 0.232 e. The first-order valence-electron chi connectivity index (χ1n) is 5.53. The summed E-state index contributed by atoms with van der Waals surface area (Å²) >= 11 is 0. The quantitative estimate of drug-likeness (QED) is 0.646. The van der Waals surface area contributed by atoms with Crippen molar-refractivity contribution < 1.29 is 4.79 Å². The van der Waals surface area contributed by atoms with Crippen LogP contribution >= 0.6 is 0 Å². The van der Waals surface area contributed by atoms with E-state index in [0.29, 0.717) is 5.69 Å². The third-order valence-electron chi connectivity index (χ3n) is 3.56. The molecule has 0 aromatic heterocycles. The maximum Gasteiger partial charge on any atom is 0.232 e. The second kappa shape index (κ2) is 2.90. The summed E-state index contributed by atoms with van der Waals surface area (Å²) in [4.78, 5) is 14.2. The number of nitrogen functional groups attached to an aromatic ring is 1. The van der Waals surface area contributed by atoms with E-state index >= 15 is 0 Å². The topological polar surface area (TPSA) is 58.4 Å². The molecule has 0 atom stereocenters. The molecule has 84 valence electrons. The van der Waals surface area contributed by atoms with Gasteiger partial charge in [0.1, 0.15) is 0 Å². The Balaban J connectivity index is 2.06. The van der Waals surface area contributed by atoms with Crippen molar-refractivity contribution in [3.8, 4) is 0 Å². The molecule has 1 aromatic rings. The highest BCUT2D eigenvalue weighted by Gasteiger charge is 2.51. The van der Waals surface area contributed by atoms with E-state index in [1.807, 2.05) is 25.2 Å². The summed E-state index contributed by atoms with van der Waals surface area (Å²) in [6, 6.07) is 5.66. The van der Waals surface area contributed by atoms with Crippen LogP contribution in [0, 0.1) is 5.41 Å². The molecule has 0 radical (unpaired) electrons. The number of nitrogens with two attached hydrogens (primary N) is 1. The highest BCUT2D eigenvalue weighted by Crippen LogP contribution is 2.50. The van der Waals surface area contributed by atoms with E-state index in [-0.39, 0.29) is 11.3 Å². The number of amides is 1. The van der Waals surface area contributed by atoms with Crippen LogP contribution in [0.5, 0.6) is 0 Å². The molecule has 1 amide bonds. The minimum atomic E-state index is -0.150. The van der Waals surface area contributed by atoms with Crippen molar-refractivity contribution in [3.05, 3.63) is 18.2 Å². The fraction of sp³-hybridized carbons (Fsp3) is 0.417. The van der Waals surface area contributed by atoms with Crippen LogP contribution in [-0.4, -0.2) is 19.5 Å². The predicted octanol–water partition coefficient (Wildman–Crippen LogP) is 1.44. The summed E-state index contributed by atoms with van der Waals surface area (Å²) in [6.45, 7) is 0.801. The van der Waals surface area contributed by atoms with Gasteiger partial charge in [0.2, 0.25) is 5.91 Å². The number of carbonyl (C=O) groups excluding carboxylic acids is 1. The van der Waals surface area contributed by atoms with E-state index in [0.717, 1.165) is 30.8 Å². The fourth-order valence-electron chi connectivity index (χ4n) is 2.39. The van der Waals surface area contributed by atoms with E-state index in [1.165, 1.54) is 0 Å². The van der Waals surface area contributed by atoms with Gasteiger partial charge in [0.25, 0.3) is 0 Å². The van der Waals surface area contributed by atoms with Crippen molar-refractivity contribution in [2.24, 2.45) is 5.41 Å². The van der Waals surface area contributed by atoms with Crippen molar-refractivity contribution in [3.63, 3.8) is 0 Å². The summed E-state index contributed by atoms with van der Waals surface area (Å²) in [5.74, 6) is 0.142. The van der Waals surface area contributed by atoms with Gasteiger partial charge in [-0.25, -0.2) is 0 Å². The summed E-state index contributed by atoms with van der Waals surface area (Å²) in [7, 11) is 2.02. The molecular weight excluding hydrogens is 202 g/mol. The number of benzene rings is 1. The summed E-state index contributed by atoms with van der Waals surface area (Å²) in [6.07, 6.45) is 1.99. The van der Waals surface area contributed by atoms with Gasteiger partial charge in [-0.15, -0.1) is 0 Å². The molecule has 1 aliphatic carbocycles. The molecule has 2 aliphatic rings. The second-order valence-electron chi connectivity index (χ2n) is 4.87. The molecule has 4 heteroatoms. The number of rotatable bonds is 0. The first kappa shape index (κ1) is 9.51. The van der Waals surface area contributed by atoms with Crippen molar-refractivity contribution in [1.82, 2.24) is 0 Å². The Labute approximate surface area is 94.4 Å². The molecular formula is C12H15N3O. The Morgan fingerprint density at radius 3 is 2.88 bits per heavy atom. The molecule has 16 heavy (non-hydrogen) atoms. The molecule has 4 nitrogen and oxygen atoms in total. The first-order valence-corrected chi connectivity index (χ1v) is 5.53. The number of carbonyl (C=O) groups is 1.